The summed E-state index contributed by atoms with van der Waals surface area (Å²) in [5.74, 6) is -0.258. The summed E-state index contributed by atoms with van der Waals surface area (Å²) in [4.78, 5) is 11.2. The highest BCUT2D eigenvalue weighted by atomic mass is 16.5. The lowest BCUT2D eigenvalue weighted by Crippen LogP contribution is -2.05. The molecule has 0 amide bonds. The third-order valence-electron chi connectivity index (χ3n) is 1.91. The smallest absolute Gasteiger partial charge is 0.188 e. The molecule has 3 nitrogen and oxygen atoms in total. The lowest BCUT2D eigenvalue weighted by Gasteiger charge is -2.05. The monoisotopic (exact) mass is 194 g/mol. The molecule has 0 saturated carbocycles. The summed E-state index contributed by atoms with van der Waals surface area (Å²) in [5.41, 5.74) is 2.49. The van der Waals surface area contributed by atoms with Gasteiger partial charge in [-0.05, 0) is 24.6 Å². The van der Waals surface area contributed by atoms with Crippen LogP contribution < -0.4 is 0 Å². The van der Waals surface area contributed by atoms with Crippen molar-refractivity contribution in [1.29, 1.82) is 0 Å². The highest BCUT2D eigenvalue weighted by Crippen LogP contribution is 2.11. The van der Waals surface area contributed by atoms with Gasteiger partial charge in [-0.15, -0.1) is 0 Å². The van der Waals surface area contributed by atoms with Crippen LogP contribution in [0.2, 0.25) is 0 Å². The number of rotatable bonds is 4. The van der Waals surface area contributed by atoms with Crippen LogP contribution in [0.1, 0.15) is 21.5 Å². The van der Waals surface area contributed by atoms with Crippen LogP contribution in [0.15, 0.2) is 18.2 Å². The molecular formula is C11H14O3. The quantitative estimate of drug-likeness (QED) is 0.735. The first-order valence-electron chi connectivity index (χ1n) is 4.41. The molecule has 1 N–H and O–H groups in total. The fraction of sp³-hybridized carbons (Fsp3) is 0.364. The lowest BCUT2D eigenvalue weighted by atomic mass is 10.0. The molecule has 1 aromatic rings. The zero-order chi connectivity index (χ0) is 10.6. The van der Waals surface area contributed by atoms with Gasteiger partial charge in [0.25, 0.3) is 0 Å². The molecule has 0 aliphatic rings. The summed E-state index contributed by atoms with van der Waals surface area (Å²) < 4.78 is 4.98. The van der Waals surface area contributed by atoms with Gasteiger partial charge in [0, 0.05) is 12.7 Å². The summed E-state index contributed by atoms with van der Waals surface area (Å²) in [6.45, 7) is 1.94. The number of aliphatic hydroxyl groups excluding tert-OH is 1. The van der Waals surface area contributed by atoms with Crippen LogP contribution in [0.4, 0.5) is 0 Å². The molecule has 0 radical (unpaired) electrons. The summed E-state index contributed by atoms with van der Waals surface area (Å²) in [5, 5.41) is 8.72. The predicted molar refractivity (Wildman–Crippen MR) is 53.3 cm³/mol. The van der Waals surface area contributed by atoms with E-state index in [-0.39, 0.29) is 5.78 Å². The van der Waals surface area contributed by atoms with Crippen LogP contribution in [0.3, 0.4) is 0 Å². The first-order valence-corrected chi connectivity index (χ1v) is 4.41. The van der Waals surface area contributed by atoms with Gasteiger partial charge in [0.1, 0.15) is 6.61 Å². The van der Waals surface area contributed by atoms with Gasteiger partial charge in [0.2, 0.25) is 0 Å². The van der Waals surface area contributed by atoms with Gasteiger partial charge in [-0.25, -0.2) is 0 Å². The first-order chi connectivity index (χ1) is 6.67. The Balaban J connectivity index is 3.00. The van der Waals surface area contributed by atoms with E-state index in [0.717, 1.165) is 11.1 Å². The van der Waals surface area contributed by atoms with E-state index >= 15 is 0 Å². The van der Waals surface area contributed by atoms with E-state index in [2.05, 4.69) is 0 Å². The number of carbonyl (C=O) groups excluding carboxylic acids is 1. The molecule has 76 valence electrons. The fourth-order valence-corrected chi connectivity index (χ4v) is 1.36. The molecule has 0 atom stereocenters. The minimum atomic E-state index is -0.449. The number of Topliss-reactive ketones (excluding diaryl/α,β-unsaturated/α-hetero) is 1. The summed E-state index contributed by atoms with van der Waals surface area (Å²) >= 11 is 0. The van der Waals surface area contributed by atoms with E-state index < -0.39 is 6.61 Å². The third kappa shape index (κ3) is 2.65. The van der Waals surface area contributed by atoms with E-state index in [1.165, 1.54) is 0 Å². The molecule has 0 aliphatic heterocycles. The van der Waals surface area contributed by atoms with E-state index in [0.29, 0.717) is 12.2 Å². The molecule has 3 heteroatoms. The molecule has 1 aromatic carbocycles. The standard InChI is InChI=1S/C11H14O3/c1-8-3-9(7-14-2)5-10(4-8)11(13)6-12/h3-5,12H,6-7H2,1-2H3. The lowest BCUT2D eigenvalue weighted by molar-refractivity contribution is 0.0903. The third-order valence-corrected chi connectivity index (χ3v) is 1.91. The van der Waals surface area contributed by atoms with Gasteiger partial charge < -0.3 is 9.84 Å². The molecule has 1 rings (SSSR count). The average molecular weight is 194 g/mol. The Labute approximate surface area is 83.3 Å². The normalized spacial score (nSPS) is 10.2. The van der Waals surface area contributed by atoms with E-state index in [1.54, 1.807) is 19.2 Å². The maximum Gasteiger partial charge on any atom is 0.188 e. The molecule has 0 fully saturated rings. The molecular weight excluding hydrogens is 180 g/mol. The molecule has 0 bridgehead atoms. The molecule has 0 aliphatic carbocycles. The van der Waals surface area contributed by atoms with Crippen molar-refractivity contribution in [3.8, 4) is 0 Å². The molecule has 0 aromatic heterocycles. The number of ketones is 1. The summed E-state index contributed by atoms with van der Waals surface area (Å²) in [7, 11) is 1.61. The van der Waals surface area contributed by atoms with Gasteiger partial charge in [0.15, 0.2) is 5.78 Å². The minimum Gasteiger partial charge on any atom is -0.388 e. The van der Waals surface area contributed by atoms with Crippen LogP contribution >= 0.6 is 0 Å². The number of aliphatic hydroxyl groups is 1. The van der Waals surface area contributed by atoms with Crippen LogP contribution in [0, 0.1) is 6.92 Å². The van der Waals surface area contributed by atoms with Crippen molar-refractivity contribution in [3.63, 3.8) is 0 Å². The van der Waals surface area contributed by atoms with Gasteiger partial charge in [-0.2, -0.15) is 0 Å². The zero-order valence-electron chi connectivity index (χ0n) is 8.41. The second-order valence-corrected chi connectivity index (χ2v) is 3.22. The summed E-state index contributed by atoms with van der Waals surface area (Å²) in [6.07, 6.45) is 0. The zero-order valence-corrected chi connectivity index (χ0v) is 8.41. The summed E-state index contributed by atoms with van der Waals surface area (Å²) in [6, 6.07) is 5.46. The van der Waals surface area contributed by atoms with Crippen molar-refractivity contribution in [2.75, 3.05) is 13.7 Å². The fourth-order valence-electron chi connectivity index (χ4n) is 1.36. The van der Waals surface area contributed by atoms with Gasteiger partial charge >= 0.3 is 0 Å². The second kappa shape index (κ2) is 4.88. The topological polar surface area (TPSA) is 46.5 Å². The van der Waals surface area contributed by atoms with Crippen molar-refractivity contribution in [2.45, 2.75) is 13.5 Å². The molecule has 0 spiro atoms. The Bertz CT molecular complexity index is 331. The maximum atomic E-state index is 11.2. The van der Waals surface area contributed by atoms with E-state index in [9.17, 15) is 4.79 Å². The number of methoxy groups -OCH3 is 1. The number of hydrogen-bond donors (Lipinski definition) is 1. The number of carbonyl (C=O) groups is 1. The maximum absolute atomic E-state index is 11.2. The van der Waals surface area contributed by atoms with Crippen molar-refractivity contribution >= 4 is 5.78 Å². The van der Waals surface area contributed by atoms with Gasteiger partial charge in [-0.3, -0.25) is 4.79 Å². The predicted octanol–water partition coefficient (Wildman–Crippen LogP) is 1.32. The second-order valence-electron chi connectivity index (χ2n) is 3.22. The van der Waals surface area contributed by atoms with Crippen LogP contribution in [-0.4, -0.2) is 24.6 Å². The van der Waals surface area contributed by atoms with Gasteiger partial charge in [0.05, 0.1) is 6.61 Å². The number of aryl methyl sites for hydroxylation is 1. The largest absolute Gasteiger partial charge is 0.388 e. The Hall–Kier alpha value is -1.19. The molecule has 0 unspecified atom stereocenters. The van der Waals surface area contributed by atoms with Crippen molar-refractivity contribution in [2.24, 2.45) is 0 Å². The van der Waals surface area contributed by atoms with Crippen molar-refractivity contribution in [3.05, 3.63) is 34.9 Å². The van der Waals surface area contributed by atoms with E-state index in [1.807, 2.05) is 13.0 Å². The van der Waals surface area contributed by atoms with Crippen molar-refractivity contribution in [1.82, 2.24) is 0 Å². The number of hydrogen-bond acceptors (Lipinski definition) is 3. The Morgan fingerprint density at radius 1 is 1.43 bits per heavy atom. The van der Waals surface area contributed by atoms with Crippen LogP contribution in [0.5, 0.6) is 0 Å². The molecule has 0 saturated heterocycles. The number of ether oxygens (including phenoxy) is 1. The molecule has 0 heterocycles. The van der Waals surface area contributed by atoms with E-state index in [4.69, 9.17) is 9.84 Å². The number of benzene rings is 1. The highest BCUT2D eigenvalue weighted by Gasteiger charge is 2.05. The first kappa shape index (κ1) is 10.9. The molecule has 14 heavy (non-hydrogen) atoms. The minimum absolute atomic E-state index is 0.258. The van der Waals surface area contributed by atoms with Crippen molar-refractivity contribution < 1.29 is 14.6 Å². The Morgan fingerprint density at radius 2 is 2.14 bits per heavy atom. The van der Waals surface area contributed by atoms with Crippen LogP contribution in [0.25, 0.3) is 0 Å². The van der Waals surface area contributed by atoms with Gasteiger partial charge in [-0.1, -0.05) is 11.6 Å². The van der Waals surface area contributed by atoms with Crippen LogP contribution in [-0.2, 0) is 11.3 Å². The Kier molecular flexibility index (Phi) is 3.80. The highest BCUT2D eigenvalue weighted by molar-refractivity contribution is 5.97. The Morgan fingerprint density at radius 3 is 2.71 bits per heavy atom. The average Bonchev–Trinajstić information content (AvgIpc) is 2.16. The SMILES string of the molecule is COCc1cc(C)cc(C(=O)CO)c1.